The van der Waals surface area contributed by atoms with Crippen molar-refractivity contribution in [3.8, 4) is 0 Å². The van der Waals surface area contributed by atoms with Crippen LogP contribution in [0.25, 0.3) is 0 Å². The Bertz CT molecular complexity index is 367. The second-order valence-corrected chi connectivity index (χ2v) is 5.61. The van der Waals surface area contributed by atoms with Gasteiger partial charge in [-0.3, -0.25) is 4.79 Å². The minimum Gasteiger partial charge on any atom is -0.347 e. The number of carbonyl (C=O) groups is 1. The molecule has 1 aliphatic carbocycles. The van der Waals surface area contributed by atoms with Gasteiger partial charge in [-0.25, -0.2) is 0 Å². The zero-order valence-electron chi connectivity index (χ0n) is 8.61. The topological polar surface area (TPSA) is 55.1 Å². The van der Waals surface area contributed by atoms with Crippen LogP contribution in [0.4, 0.5) is 0 Å². The van der Waals surface area contributed by atoms with Gasteiger partial charge in [0, 0.05) is 22.4 Å². The molecule has 1 aromatic heterocycles. The van der Waals surface area contributed by atoms with Gasteiger partial charge in [0.1, 0.15) is 0 Å². The molecule has 0 bridgehead atoms. The van der Waals surface area contributed by atoms with Crippen LogP contribution < -0.4 is 11.1 Å². The van der Waals surface area contributed by atoms with E-state index in [0.717, 1.165) is 9.35 Å². The van der Waals surface area contributed by atoms with Crippen LogP contribution >= 0.6 is 39.7 Å². The molecule has 1 saturated carbocycles. The number of hydrogen-bond acceptors (Lipinski definition) is 3. The Kier molecular flexibility index (Phi) is 5.24. The van der Waals surface area contributed by atoms with Gasteiger partial charge in [0.2, 0.25) is 0 Å². The Morgan fingerprint density at radius 1 is 1.69 bits per heavy atom. The Morgan fingerprint density at radius 3 is 2.81 bits per heavy atom. The molecule has 3 nitrogen and oxygen atoms in total. The van der Waals surface area contributed by atoms with Crippen LogP contribution in [0.15, 0.2) is 15.9 Å². The van der Waals surface area contributed by atoms with E-state index in [0.29, 0.717) is 12.5 Å². The van der Waals surface area contributed by atoms with Gasteiger partial charge in [-0.05, 0) is 40.8 Å². The van der Waals surface area contributed by atoms with Gasteiger partial charge < -0.3 is 11.1 Å². The van der Waals surface area contributed by atoms with Crippen LogP contribution in [0.1, 0.15) is 22.5 Å². The van der Waals surface area contributed by atoms with Gasteiger partial charge in [0.05, 0.1) is 4.88 Å². The molecule has 3 N–H and O–H groups in total. The summed E-state index contributed by atoms with van der Waals surface area (Å²) >= 11 is 4.77. The highest BCUT2D eigenvalue weighted by atomic mass is 79.9. The summed E-state index contributed by atoms with van der Waals surface area (Å²) in [7, 11) is 0. The molecule has 90 valence electrons. The van der Waals surface area contributed by atoms with E-state index in [4.69, 9.17) is 5.73 Å². The lowest BCUT2D eigenvalue weighted by Crippen LogP contribution is -2.41. The largest absolute Gasteiger partial charge is 0.347 e. The first-order valence-electron chi connectivity index (χ1n) is 4.95. The normalized spacial score (nSPS) is 16.4. The van der Waals surface area contributed by atoms with Crippen molar-refractivity contribution < 1.29 is 4.79 Å². The number of nitrogens with two attached hydrogens (primary N) is 1. The molecule has 0 radical (unpaired) electrons. The second kappa shape index (κ2) is 6.00. The number of nitrogens with one attached hydrogen (secondary N) is 1. The highest BCUT2D eigenvalue weighted by molar-refractivity contribution is 9.10. The first-order valence-corrected chi connectivity index (χ1v) is 6.63. The third-order valence-electron chi connectivity index (χ3n) is 2.55. The van der Waals surface area contributed by atoms with E-state index in [1.807, 2.05) is 11.4 Å². The lowest BCUT2D eigenvalue weighted by atomic mass is 10.2. The molecule has 0 spiro atoms. The maximum absolute atomic E-state index is 11.8. The van der Waals surface area contributed by atoms with Crippen molar-refractivity contribution >= 4 is 45.6 Å². The fourth-order valence-corrected chi connectivity index (χ4v) is 2.87. The van der Waals surface area contributed by atoms with E-state index in [1.165, 1.54) is 24.2 Å². The Labute approximate surface area is 113 Å². The molecule has 1 aromatic rings. The molecule has 0 saturated heterocycles. The molecule has 1 aliphatic rings. The van der Waals surface area contributed by atoms with Crippen LogP contribution in [0.5, 0.6) is 0 Å². The van der Waals surface area contributed by atoms with Crippen molar-refractivity contribution in [1.82, 2.24) is 5.32 Å². The van der Waals surface area contributed by atoms with Crippen LogP contribution in [0, 0.1) is 5.92 Å². The van der Waals surface area contributed by atoms with Crippen molar-refractivity contribution in [3.05, 3.63) is 20.8 Å². The van der Waals surface area contributed by atoms with Crippen molar-refractivity contribution in [2.75, 3.05) is 6.54 Å². The zero-order chi connectivity index (χ0) is 10.8. The molecule has 1 unspecified atom stereocenters. The fraction of sp³-hybridized carbons (Fsp3) is 0.500. The Morgan fingerprint density at radius 2 is 2.38 bits per heavy atom. The maximum Gasteiger partial charge on any atom is 0.261 e. The number of carbonyl (C=O) groups excluding carboxylic acids is 1. The Hall–Kier alpha value is -0.100. The third-order valence-corrected chi connectivity index (χ3v) is 4.24. The van der Waals surface area contributed by atoms with Gasteiger partial charge in [-0.1, -0.05) is 0 Å². The predicted molar refractivity (Wildman–Crippen MR) is 72.3 cm³/mol. The number of thiophene rings is 1. The third kappa shape index (κ3) is 3.45. The number of hydrogen-bond donors (Lipinski definition) is 2. The molecule has 1 fully saturated rings. The predicted octanol–water partition coefficient (Wildman–Crippen LogP) is 2.40. The average Bonchev–Trinajstić information content (AvgIpc) is 2.97. The lowest BCUT2D eigenvalue weighted by Gasteiger charge is -2.14. The van der Waals surface area contributed by atoms with Gasteiger partial charge in [0.15, 0.2) is 0 Å². The number of amides is 1. The summed E-state index contributed by atoms with van der Waals surface area (Å²) in [6.45, 7) is 0.531. The van der Waals surface area contributed by atoms with Crippen molar-refractivity contribution in [3.63, 3.8) is 0 Å². The monoisotopic (exact) mass is 324 g/mol. The maximum atomic E-state index is 11.8. The smallest absolute Gasteiger partial charge is 0.261 e. The van der Waals surface area contributed by atoms with Gasteiger partial charge in [-0.15, -0.1) is 23.7 Å². The summed E-state index contributed by atoms with van der Waals surface area (Å²) in [4.78, 5) is 12.5. The van der Waals surface area contributed by atoms with E-state index >= 15 is 0 Å². The van der Waals surface area contributed by atoms with Crippen molar-refractivity contribution in [1.29, 1.82) is 0 Å². The minimum absolute atomic E-state index is 0. The molecule has 0 aromatic carbocycles. The molecule has 2 rings (SSSR count). The first kappa shape index (κ1) is 14.0. The summed E-state index contributed by atoms with van der Waals surface area (Å²) in [5.41, 5.74) is 5.62. The molecular weight excluding hydrogens is 312 g/mol. The van der Waals surface area contributed by atoms with E-state index < -0.39 is 0 Å². The van der Waals surface area contributed by atoms with E-state index in [9.17, 15) is 4.79 Å². The number of rotatable bonds is 4. The molecule has 0 aliphatic heterocycles. The van der Waals surface area contributed by atoms with Crippen molar-refractivity contribution in [2.24, 2.45) is 11.7 Å². The quantitative estimate of drug-likeness (QED) is 0.893. The molecule has 1 amide bonds. The summed E-state index contributed by atoms with van der Waals surface area (Å²) in [5.74, 6) is 0.593. The lowest BCUT2D eigenvalue weighted by molar-refractivity contribution is 0.0937. The Balaban J connectivity index is 0.00000128. The molecule has 1 atom stereocenters. The van der Waals surface area contributed by atoms with E-state index in [-0.39, 0.29) is 24.4 Å². The minimum atomic E-state index is -0.00644. The van der Waals surface area contributed by atoms with Gasteiger partial charge >= 0.3 is 0 Å². The zero-order valence-corrected chi connectivity index (χ0v) is 11.8. The van der Waals surface area contributed by atoms with Crippen LogP contribution in [0.2, 0.25) is 0 Å². The van der Waals surface area contributed by atoms with Crippen LogP contribution in [-0.2, 0) is 0 Å². The highest BCUT2D eigenvalue weighted by Crippen LogP contribution is 2.32. The molecular formula is C10H14BrClN2OS. The van der Waals surface area contributed by atoms with Crippen LogP contribution in [-0.4, -0.2) is 18.5 Å². The summed E-state index contributed by atoms with van der Waals surface area (Å²) in [5, 5.41) is 4.89. The molecule has 16 heavy (non-hydrogen) atoms. The summed E-state index contributed by atoms with van der Waals surface area (Å²) in [6, 6.07) is 1.99. The summed E-state index contributed by atoms with van der Waals surface area (Å²) in [6.07, 6.45) is 2.38. The molecule has 6 heteroatoms. The van der Waals surface area contributed by atoms with Gasteiger partial charge in [0.25, 0.3) is 5.91 Å². The standard InChI is InChI=1S/C10H13BrN2OS.ClH/c11-7-3-9(15-5-7)10(14)13-8(4-12)6-1-2-6;/h3,5-6,8H,1-2,4,12H2,(H,13,14);1H. The van der Waals surface area contributed by atoms with Gasteiger partial charge in [-0.2, -0.15) is 0 Å². The SMILES string of the molecule is Cl.NCC(NC(=O)c1cc(Br)cs1)C1CC1. The molecule has 1 heterocycles. The highest BCUT2D eigenvalue weighted by Gasteiger charge is 2.31. The van der Waals surface area contributed by atoms with E-state index in [1.54, 1.807) is 0 Å². The first-order chi connectivity index (χ1) is 7.20. The number of halogens is 2. The van der Waals surface area contributed by atoms with E-state index in [2.05, 4.69) is 21.2 Å². The fourth-order valence-electron chi connectivity index (χ4n) is 1.54. The second-order valence-electron chi connectivity index (χ2n) is 3.78. The average molecular weight is 326 g/mol. The van der Waals surface area contributed by atoms with Crippen LogP contribution in [0.3, 0.4) is 0 Å². The summed E-state index contributed by atoms with van der Waals surface area (Å²) < 4.78 is 0.952. The van der Waals surface area contributed by atoms with Crippen molar-refractivity contribution in [2.45, 2.75) is 18.9 Å².